The Morgan fingerprint density at radius 2 is 2.00 bits per heavy atom. The largest absolute Gasteiger partial charge is 0.382 e. The Morgan fingerprint density at radius 1 is 1.16 bits per heavy atom. The van der Waals surface area contributed by atoms with E-state index < -0.39 is 0 Å². The predicted octanol–water partition coefficient (Wildman–Crippen LogP) is 2.65. The van der Waals surface area contributed by atoms with Crippen molar-refractivity contribution in [2.45, 2.75) is 44.2 Å². The maximum Gasteiger partial charge on any atom is 0.274 e. The van der Waals surface area contributed by atoms with Crippen LogP contribution in [0.3, 0.4) is 0 Å². The number of rotatable bonds is 4. The Labute approximate surface area is 181 Å². The lowest BCUT2D eigenvalue weighted by atomic mass is 9.87. The van der Waals surface area contributed by atoms with E-state index in [1.807, 2.05) is 23.0 Å². The number of carbonyl (C=O) groups is 1. The molecule has 8 nitrogen and oxygen atoms in total. The van der Waals surface area contributed by atoms with Crippen LogP contribution in [0, 0.1) is 0 Å². The molecule has 1 amide bonds. The summed E-state index contributed by atoms with van der Waals surface area (Å²) in [5.41, 5.74) is 10.1. The third-order valence-corrected chi connectivity index (χ3v) is 6.27. The number of amides is 1. The van der Waals surface area contributed by atoms with Gasteiger partial charge in [0.25, 0.3) is 5.91 Å². The highest BCUT2D eigenvalue weighted by Gasteiger charge is 2.24. The molecule has 0 saturated carbocycles. The molecule has 1 fully saturated rings. The zero-order valence-electron chi connectivity index (χ0n) is 17.4. The van der Waals surface area contributed by atoms with Gasteiger partial charge in [-0.15, -0.1) is 0 Å². The van der Waals surface area contributed by atoms with Gasteiger partial charge in [0.05, 0.1) is 30.2 Å². The second-order valence-corrected chi connectivity index (χ2v) is 8.30. The van der Waals surface area contributed by atoms with E-state index in [0.717, 1.165) is 50.8 Å². The standard InChI is InChI=1S/C23H27N7O/c24-22-21(23(31)29-19-7-3-5-15-4-1-2-6-18(15)19)28-20(13-26-22)16-12-27-30(14-16)17-8-10-25-11-9-17/h1-2,4,6,12-14,17,19,25H,3,5,7-11H2,(H2,24,26)(H,29,31). The number of carbonyl (C=O) groups excluding carboxylic acids is 1. The summed E-state index contributed by atoms with van der Waals surface area (Å²) in [5.74, 6) is -0.157. The Morgan fingerprint density at radius 3 is 2.87 bits per heavy atom. The Hall–Kier alpha value is -3.26. The summed E-state index contributed by atoms with van der Waals surface area (Å²) >= 11 is 0. The Kier molecular flexibility index (Phi) is 5.38. The van der Waals surface area contributed by atoms with E-state index in [0.29, 0.717) is 11.7 Å². The van der Waals surface area contributed by atoms with Gasteiger partial charge >= 0.3 is 0 Å². The van der Waals surface area contributed by atoms with Gasteiger partial charge < -0.3 is 16.4 Å². The maximum absolute atomic E-state index is 13.1. The third kappa shape index (κ3) is 4.03. The molecule has 4 N–H and O–H groups in total. The molecular formula is C23H27N7O. The summed E-state index contributed by atoms with van der Waals surface area (Å²) in [6.07, 6.45) is 10.4. The summed E-state index contributed by atoms with van der Waals surface area (Å²) < 4.78 is 1.99. The number of nitrogens with two attached hydrogens (primary N) is 1. The summed E-state index contributed by atoms with van der Waals surface area (Å²) in [7, 11) is 0. The number of nitrogens with one attached hydrogen (secondary N) is 2. The molecule has 1 aromatic carbocycles. The van der Waals surface area contributed by atoms with E-state index in [2.05, 4.69) is 37.8 Å². The maximum atomic E-state index is 13.1. The second-order valence-electron chi connectivity index (χ2n) is 8.30. The number of fused-ring (bicyclic) bond motifs is 1. The van der Waals surface area contributed by atoms with E-state index in [9.17, 15) is 4.79 Å². The van der Waals surface area contributed by atoms with Gasteiger partial charge in [-0.1, -0.05) is 24.3 Å². The van der Waals surface area contributed by atoms with E-state index in [1.165, 1.54) is 11.1 Å². The fourth-order valence-corrected chi connectivity index (χ4v) is 4.58. The van der Waals surface area contributed by atoms with Gasteiger partial charge in [-0.2, -0.15) is 5.10 Å². The van der Waals surface area contributed by atoms with Crippen LogP contribution < -0.4 is 16.4 Å². The molecule has 1 unspecified atom stereocenters. The highest BCUT2D eigenvalue weighted by Crippen LogP contribution is 2.30. The quantitative estimate of drug-likeness (QED) is 0.602. The third-order valence-electron chi connectivity index (χ3n) is 6.27. The molecule has 1 saturated heterocycles. The number of anilines is 1. The van der Waals surface area contributed by atoms with Crippen LogP contribution in [-0.2, 0) is 6.42 Å². The average molecular weight is 418 g/mol. The van der Waals surface area contributed by atoms with Crippen LogP contribution in [0.2, 0.25) is 0 Å². The van der Waals surface area contributed by atoms with Crippen molar-refractivity contribution in [3.63, 3.8) is 0 Å². The Bertz CT molecular complexity index is 1090. The molecule has 5 rings (SSSR count). The van der Waals surface area contributed by atoms with Crippen molar-refractivity contribution < 1.29 is 4.79 Å². The van der Waals surface area contributed by atoms with Crippen LogP contribution in [0.5, 0.6) is 0 Å². The first-order chi connectivity index (χ1) is 15.2. The van der Waals surface area contributed by atoms with E-state index in [-0.39, 0.29) is 23.5 Å². The first kappa shape index (κ1) is 19.7. The molecule has 2 aromatic heterocycles. The van der Waals surface area contributed by atoms with Gasteiger partial charge in [-0.25, -0.2) is 9.97 Å². The number of benzene rings is 1. The molecule has 31 heavy (non-hydrogen) atoms. The molecule has 1 atom stereocenters. The molecule has 0 bridgehead atoms. The molecule has 1 aliphatic carbocycles. The van der Waals surface area contributed by atoms with Gasteiger partial charge in [-0.3, -0.25) is 9.48 Å². The SMILES string of the molecule is Nc1ncc(-c2cnn(C3CCNCC3)c2)nc1C(=O)NC1CCCc2ccccc21. The molecule has 1 aliphatic heterocycles. The molecule has 2 aliphatic rings. The molecule has 3 heterocycles. The molecule has 0 spiro atoms. The molecule has 160 valence electrons. The van der Waals surface area contributed by atoms with Crippen LogP contribution in [0.15, 0.2) is 42.9 Å². The number of aryl methyl sites for hydroxylation is 1. The molecule has 0 radical (unpaired) electrons. The van der Waals surface area contributed by atoms with Crippen molar-refractivity contribution in [1.29, 1.82) is 0 Å². The van der Waals surface area contributed by atoms with Crippen LogP contribution in [0.25, 0.3) is 11.3 Å². The second kappa shape index (κ2) is 8.47. The van der Waals surface area contributed by atoms with Gasteiger partial charge in [0.15, 0.2) is 11.5 Å². The van der Waals surface area contributed by atoms with Crippen LogP contribution in [0.4, 0.5) is 5.82 Å². The zero-order valence-corrected chi connectivity index (χ0v) is 17.4. The number of nitrogens with zero attached hydrogens (tertiary/aromatic N) is 4. The van der Waals surface area contributed by atoms with Gasteiger partial charge in [0, 0.05) is 11.8 Å². The van der Waals surface area contributed by atoms with Crippen LogP contribution in [-0.4, -0.2) is 38.7 Å². The van der Waals surface area contributed by atoms with E-state index in [4.69, 9.17) is 5.73 Å². The number of hydrogen-bond acceptors (Lipinski definition) is 6. The van der Waals surface area contributed by atoms with E-state index in [1.54, 1.807) is 12.4 Å². The van der Waals surface area contributed by atoms with Gasteiger partial charge in [-0.05, 0) is 56.3 Å². The summed E-state index contributed by atoms with van der Waals surface area (Å²) in [6.45, 7) is 1.99. The lowest BCUT2D eigenvalue weighted by molar-refractivity contribution is 0.0928. The van der Waals surface area contributed by atoms with Gasteiger partial charge in [0.2, 0.25) is 0 Å². The van der Waals surface area contributed by atoms with Crippen LogP contribution >= 0.6 is 0 Å². The highest BCUT2D eigenvalue weighted by atomic mass is 16.2. The van der Waals surface area contributed by atoms with Gasteiger partial charge in [0.1, 0.15) is 0 Å². The number of hydrogen-bond donors (Lipinski definition) is 3. The monoisotopic (exact) mass is 417 g/mol. The number of piperidine rings is 1. The van der Waals surface area contributed by atoms with Crippen molar-refractivity contribution in [3.05, 3.63) is 59.7 Å². The first-order valence-corrected chi connectivity index (χ1v) is 11.0. The number of aromatic nitrogens is 4. The van der Waals surface area contributed by atoms with Crippen molar-refractivity contribution in [2.75, 3.05) is 18.8 Å². The summed E-state index contributed by atoms with van der Waals surface area (Å²) in [5, 5.41) is 11.0. The number of nitrogen functional groups attached to an aromatic ring is 1. The molecule has 8 heteroatoms. The van der Waals surface area contributed by atoms with Crippen molar-refractivity contribution in [2.24, 2.45) is 0 Å². The van der Waals surface area contributed by atoms with Crippen molar-refractivity contribution in [3.8, 4) is 11.3 Å². The lowest BCUT2D eigenvalue weighted by Gasteiger charge is -2.26. The first-order valence-electron chi connectivity index (χ1n) is 11.0. The zero-order chi connectivity index (χ0) is 21.2. The fourth-order valence-electron chi connectivity index (χ4n) is 4.58. The van der Waals surface area contributed by atoms with Crippen LogP contribution in [0.1, 0.15) is 59.4 Å². The minimum absolute atomic E-state index is 0.0371. The van der Waals surface area contributed by atoms with Crippen molar-refractivity contribution in [1.82, 2.24) is 30.4 Å². The molecule has 3 aromatic rings. The predicted molar refractivity (Wildman–Crippen MR) is 118 cm³/mol. The normalized spacial score (nSPS) is 19.0. The summed E-state index contributed by atoms with van der Waals surface area (Å²) in [6, 6.07) is 8.61. The lowest BCUT2D eigenvalue weighted by Crippen LogP contribution is -2.32. The van der Waals surface area contributed by atoms with E-state index >= 15 is 0 Å². The fraction of sp³-hybridized carbons (Fsp3) is 0.391. The summed E-state index contributed by atoms with van der Waals surface area (Å²) in [4.78, 5) is 21.9. The Balaban J connectivity index is 1.37. The topological polar surface area (TPSA) is 111 Å². The smallest absolute Gasteiger partial charge is 0.274 e. The minimum Gasteiger partial charge on any atom is -0.382 e. The molecular weight excluding hydrogens is 390 g/mol. The highest BCUT2D eigenvalue weighted by molar-refractivity contribution is 5.97. The average Bonchev–Trinajstić information content (AvgIpc) is 3.30. The minimum atomic E-state index is -0.292. The van der Waals surface area contributed by atoms with Crippen molar-refractivity contribution >= 4 is 11.7 Å².